The molecule has 5 rings (SSSR count). The quantitative estimate of drug-likeness (QED) is 0.699. The lowest BCUT2D eigenvalue weighted by atomic mass is 9.86. The van der Waals surface area contributed by atoms with Gasteiger partial charge in [0.1, 0.15) is 0 Å². The molecule has 0 bridgehead atoms. The van der Waals surface area contributed by atoms with Crippen LogP contribution >= 0.6 is 0 Å². The van der Waals surface area contributed by atoms with E-state index in [0.717, 1.165) is 0 Å². The van der Waals surface area contributed by atoms with Gasteiger partial charge in [0, 0.05) is 58.5 Å². The number of nitrogens with zero attached hydrogens (tertiary/aromatic N) is 3. The number of carbonyl (C=O) groups is 4. The molecule has 0 atom stereocenters. The third-order valence-corrected chi connectivity index (χ3v) is 5.19. The van der Waals surface area contributed by atoms with Gasteiger partial charge >= 0.3 is 0 Å². The van der Waals surface area contributed by atoms with Crippen LogP contribution in [0, 0.1) is 0 Å². The highest BCUT2D eigenvalue weighted by Gasteiger charge is 2.36. The molecule has 0 fully saturated rings. The number of aryl methyl sites for hydroxylation is 1. The van der Waals surface area contributed by atoms with Gasteiger partial charge in [-0.15, -0.1) is 0 Å². The van der Waals surface area contributed by atoms with E-state index < -0.39 is 23.6 Å². The molecular formula is C20H14N4O4. The number of imidazole rings is 1. The zero-order valence-electron chi connectivity index (χ0n) is 14.6. The van der Waals surface area contributed by atoms with Crippen LogP contribution in [0.1, 0.15) is 47.9 Å². The van der Waals surface area contributed by atoms with Crippen LogP contribution in [0.5, 0.6) is 0 Å². The maximum absolute atomic E-state index is 13.0. The zero-order chi connectivity index (χ0) is 19.4. The van der Waals surface area contributed by atoms with Crippen LogP contribution in [0.4, 0.5) is 0 Å². The average Bonchev–Trinajstić information content (AvgIpc) is 3.20. The first-order valence-electron chi connectivity index (χ1n) is 8.83. The second-order valence-electron chi connectivity index (χ2n) is 6.77. The molecular weight excluding hydrogens is 360 g/mol. The minimum Gasteiger partial charge on any atom is -0.337 e. The molecule has 0 radical (unpaired) electrons. The SMILES string of the molecule is O=C1NC(=O)c2ccc3c4c(ccc1c24)C(=O)N(CCCn1ccnc1)C3=O. The van der Waals surface area contributed by atoms with E-state index in [4.69, 9.17) is 0 Å². The number of aromatic nitrogens is 2. The average molecular weight is 374 g/mol. The van der Waals surface area contributed by atoms with Gasteiger partial charge in [0.05, 0.1) is 6.33 Å². The van der Waals surface area contributed by atoms with Crippen LogP contribution < -0.4 is 5.32 Å². The van der Waals surface area contributed by atoms with Gasteiger partial charge in [0.15, 0.2) is 0 Å². The van der Waals surface area contributed by atoms with Crippen molar-refractivity contribution in [3.05, 3.63) is 65.2 Å². The summed E-state index contributed by atoms with van der Waals surface area (Å²) < 4.78 is 1.88. The fraction of sp³-hybridized carbons (Fsp3) is 0.150. The smallest absolute Gasteiger partial charge is 0.261 e. The summed E-state index contributed by atoms with van der Waals surface area (Å²) >= 11 is 0. The van der Waals surface area contributed by atoms with Crippen molar-refractivity contribution < 1.29 is 19.2 Å². The Bertz CT molecular complexity index is 1130. The summed E-state index contributed by atoms with van der Waals surface area (Å²) in [7, 11) is 0. The maximum Gasteiger partial charge on any atom is 0.261 e. The molecule has 28 heavy (non-hydrogen) atoms. The molecule has 0 aliphatic carbocycles. The van der Waals surface area contributed by atoms with E-state index in [1.165, 1.54) is 17.0 Å². The Morgan fingerprint density at radius 1 is 0.786 bits per heavy atom. The molecule has 0 saturated carbocycles. The standard InChI is InChI=1S/C20H14N4O4/c25-17-11-2-4-13-16-14(5-3-12(15(11)16)18(26)22-17)20(28)24(19(13)27)8-1-7-23-9-6-21-10-23/h2-6,9-10H,1,7-8H2,(H,22,25,26). The summed E-state index contributed by atoms with van der Waals surface area (Å²) in [5.74, 6) is -1.87. The minimum atomic E-state index is -0.524. The number of amides is 4. The largest absolute Gasteiger partial charge is 0.337 e. The Hall–Kier alpha value is -3.81. The van der Waals surface area contributed by atoms with E-state index >= 15 is 0 Å². The molecule has 3 aromatic rings. The van der Waals surface area contributed by atoms with Crippen LogP contribution in [0.25, 0.3) is 10.8 Å². The second-order valence-corrected chi connectivity index (χ2v) is 6.77. The molecule has 1 N–H and O–H groups in total. The van der Waals surface area contributed by atoms with Crippen LogP contribution in [-0.4, -0.2) is 44.6 Å². The number of nitrogens with one attached hydrogen (secondary N) is 1. The Morgan fingerprint density at radius 2 is 1.36 bits per heavy atom. The van der Waals surface area contributed by atoms with E-state index in [2.05, 4.69) is 10.3 Å². The topological polar surface area (TPSA) is 101 Å². The van der Waals surface area contributed by atoms with Gasteiger partial charge < -0.3 is 4.57 Å². The lowest BCUT2D eigenvalue weighted by molar-refractivity contribution is 0.0605. The Labute approximate surface area is 158 Å². The number of hydrogen-bond donors (Lipinski definition) is 1. The maximum atomic E-state index is 13.0. The summed E-state index contributed by atoms with van der Waals surface area (Å²) in [4.78, 5) is 55.5. The van der Waals surface area contributed by atoms with Crippen molar-refractivity contribution in [1.82, 2.24) is 19.8 Å². The number of benzene rings is 2. The van der Waals surface area contributed by atoms with Gasteiger partial charge in [0.25, 0.3) is 23.6 Å². The Balaban J connectivity index is 1.57. The summed E-state index contributed by atoms with van der Waals surface area (Å²) in [6.07, 6.45) is 5.76. The third kappa shape index (κ3) is 2.21. The van der Waals surface area contributed by atoms with Gasteiger partial charge in [0.2, 0.25) is 0 Å². The van der Waals surface area contributed by atoms with E-state index in [1.807, 2.05) is 10.8 Å². The molecule has 8 nitrogen and oxygen atoms in total. The molecule has 1 aromatic heterocycles. The molecule has 0 unspecified atom stereocenters. The van der Waals surface area contributed by atoms with Crippen molar-refractivity contribution in [1.29, 1.82) is 0 Å². The van der Waals surface area contributed by atoms with Gasteiger partial charge in [-0.1, -0.05) is 0 Å². The highest BCUT2D eigenvalue weighted by Crippen LogP contribution is 2.36. The highest BCUT2D eigenvalue weighted by atomic mass is 16.2. The lowest BCUT2D eigenvalue weighted by Gasteiger charge is -2.29. The van der Waals surface area contributed by atoms with Crippen molar-refractivity contribution in [2.45, 2.75) is 13.0 Å². The van der Waals surface area contributed by atoms with Crippen molar-refractivity contribution in [2.75, 3.05) is 6.54 Å². The monoisotopic (exact) mass is 374 g/mol. The van der Waals surface area contributed by atoms with Crippen molar-refractivity contribution >= 4 is 34.4 Å². The summed E-state index contributed by atoms with van der Waals surface area (Å²) in [5, 5.41) is 3.04. The zero-order valence-corrected chi connectivity index (χ0v) is 14.6. The second kappa shape index (κ2) is 5.85. The molecule has 4 amide bonds. The fourth-order valence-corrected chi connectivity index (χ4v) is 3.88. The summed E-state index contributed by atoms with van der Waals surface area (Å²) in [6, 6.07) is 6.17. The molecule has 8 heteroatoms. The normalized spacial score (nSPS) is 15.4. The van der Waals surface area contributed by atoms with Crippen LogP contribution in [0.2, 0.25) is 0 Å². The molecule has 2 aromatic carbocycles. The first-order valence-corrected chi connectivity index (χ1v) is 8.83. The van der Waals surface area contributed by atoms with Crippen LogP contribution in [0.15, 0.2) is 43.0 Å². The molecule has 138 valence electrons. The molecule has 0 spiro atoms. The van der Waals surface area contributed by atoms with Crippen molar-refractivity contribution in [2.24, 2.45) is 0 Å². The van der Waals surface area contributed by atoms with Gasteiger partial charge in [-0.05, 0) is 30.7 Å². The summed E-state index contributed by atoms with van der Waals surface area (Å²) in [6.45, 7) is 0.894. The molecule has 0 saturated heterocycles. The van der Waals surface area contributed by atoms with Crippen LogP contribution in [-0.2, 0) is 6.54 Å². The lowest BCUT2D eigenvalue weighted by Crippen LogP contribution is -2.42. The first-order chi connectivity index (χ1) is 13.6. The van der Waals surface area contributed by atoms with E-state index in [9.17, 15) is 19.2 Å². The predicted molar refractivity (Wildman–Crippen MR) is 98.0 cm³/mol. The van der Waals surface area contributed by atoms with Gasteiger partial charge in [-0.25, -0.2) is 4.98 Å². The van der Waals surface area contributed by atoms with E-state index in [1.54, 1.807) is 24.7 Å². The highest BCUT2D eigenvalue weighted by molar-refractivity contribution is 6.33. The first kappa shape index (κ1) is 16.4. The third-order valence-electron chi connectivity index (χ3n) is 5.19. The minimum absolute atomic E-state index is 0.264. The van der Waals surface area contributed by atoms with E-state index in [0.29, 0.717) is 46.0 Å². The van der Waals surface area contributed by atoms with Crippen molar-refractivity contribution in [3.8, 4) is 0 Å². The number of rotatable bonds is 4. The van der Waals surface area contributed by atoms with Crippen molar-refractivity contribution in [3.63, 3.8) is 0 Å². The Kier molecular flexibility index (Phi) is 3.42. The van der Waals surface area contributed by atoms with Gasteiger partial charge in [-0.2, -0.15) is 0 Å². The molecule has 2 aliphatic rings. The number of imide groups is 2. The fourth-order valence-electron chi connectivity index (χ4n) is 3.88. The van der Waals surface area contributed by atoms with E-state index in [-0.39, 0.29) is 6.54 Å². The molecule has 3 heterocycles. The summed E-state index contributed by atoms with van der Waals surface area (Å²) in [5.41, 5.74) is 1.26. The number of carbonyl (C=O) groups excluding carboxylic acids is 4. The molecule has 2 aliphatic heterocycles. The predicted octanol–water partition coefficient (Wildman–Crippen LogP) is 1.61. The van der Waals surface area contributed by atoms with Gasteiger partial charge in [-0.3, -0.25) is 29.4 Å². The Morgan fingerprint density at radius 3 is 1.93 bits per heavy atom. The van der Waals surface area contributed by atoms with Crippen LogP contribution in [0.3, 0.4) is 0 Å². The number of hydrogen-bond acceptors (Lipinski definition) is 5.